The van der Waals surface area contributed by atoms with Gasteiger partial charge in [-0.15, -0.1) is 0 Å². The minimum Gasteiger partial charge on any atom is -0.481 e. The molecule has 0 aliphatic heterocycles. The third kappa shape index (κ3) is 19.8. The van der Waals surface area contributed by atoms with Gasteiger partial charge < -0.3 is 10.2 Å². The fourth-order valence-corrected chi connectivity index (χ4v) is 1.87. The van der Waals surface area contributed by atoms with Crippen LogP contribution in [0.5, 0.6) is 0 Å². The minimum absolute atomic E-state index is 0.186. The first-order valence-corrected chi connectivity index (χ1v) is 9.00. The Kier molecular flexibility index (Phi) is 16.7. The van der Waals surface area contributed by atoms with Gasteiger partial charge in [-0.25, -0.2) is 0 Å². The third-order valence-electron chi connectivity index (χ3n) is 3.20. The molecule has 0 heterocycles. The maximum Gasteiger partial charge on any atom is 0.303 e. The number of aliphatic carboxylic acids is 1. The lowest BCUT2D eigenvalue weighted by molar-refractivity contribution is -0.136. The average Bonchev–Trinajstić information content (AvgIpc) is 2.58. The van der Waals surface area contributed by atoms with Gasteiger partial charge in [0.25, 0.3) is 0 Å². The van der Waals surface area contributed by atoms with Crippen molar-refractivity contribution in [3.05, 3.63) is 72.9 Å². The number of hydrogen-bond donors (Lipinski definition) is 2. The molecular weight excluding hydrogens is 312 g/mol. The van der Waals surface area contributed by atoms with Crippen LogP contribution in [0.15, 0.2) is 72.9 Å². The molecule has 0 saturated heterocycles. The van der Waals surface area contributed by atoms with Crippen molar-refractivity contribution >= 4 is 5.97 Å². The van der Waals surface area contributed by atoms with Crippen LogP contribution < -0.4 is 0 Å². The Hall–Kier alpha value is -2.13. The molecule has 3 nitrogen and oxygen atoms in total. The predicted molar refractivity (Wildman–Crippen MR) is 106 cm³/mol. The molecule has 0 unspecified atom stereocenters. The van der Waals surface area contributed by atoms with Gasteiger partial charge in [0.15, 0.2) is 0 Å². The molecule has 0 aliphatic rings. The van der Waals surface area contributed by atoms with E-state index in [4.69, 9.17) is 5.11 Å². The first kappa shape index (κ1) is 22.9. The molecule has 0 aliphatic carbocycles. The molecule has 0 fully saturated rings. The number of allylic oxidation sites excluding steroid dienone is 10. The summed E-state index contributed by atoms with van der Waals surface area (Å²) in [6.45, 7) is 2.11. The summed E-state index contributed by atoms with van der Waals surface area (Å²) in [6.07, 6.45) is 28.5. The van der Waals surface area contributed by atoms with E-state index in [0.29, 0.717) is 12.8 Å². The fourth-order valence-electron chi connectivity index (χ4n) is 1.87. The molecule has 0 aromatic carbocycles. The van der Waals surface area contributed by atoms with Gasteiger partial charge in [0.1, 0.15) is 0 Å². The van der Waals surface area contributed by atoms with E-state index in [-0.39, 0.29) is 6.42 Å². The van der Waals surface area contributed by atoms with Crippen molar-refractivity contribution in [3.8, 4) is 0 Å². The molecule has 0 amide bonds. The highest BCUT2D eigenvalue weighted by Crippen LogP contribution is 1.99. The maximum atomic E-state index is 10.3. The van der Waals surface area contributed by atoms with E-state index in [2.05, 4.69) is 37.3 Å². The van der Waals surface area contributed by atoms with Gasteiger partial charge in [0.2, 0.25) is 0 Å². The standard InChI is InChI=1S/C22H32O3/c1-2-3-4-5-9-12-15-18-21(23)19-16-13-10-7-6-8-11-14-17-20-22(24)25/h3-4,6-7,9,11-16,18,21,23H,2,5,8,10,17,19-20H2,1H3,(H,24,25)/b4-3-,7-6-,12-9-,14-11-,16-13-,18-15+/t21-/m1/s1. The van der Waals surface area contributed by atoms with E-state index in [1.165, 1.54) is 0 Å². The number of carbonyl (C=O) groups is 1. The second-order valence-electron chi connectivity index (χ2n) is 5.55. The normalized spacial score (nSPS) is 14.3. The Balaban J connectivity index is 3.70. The van der Waals surface area contributed by atoms with Crippen LogP contribution in [0, 0.1) is 0 Å². The molecule has 0 aromatic heterocycles. The van der Waals surface area contributed by atoms with Crippen LogP contribution in [0.1, 0.15) is 51.9 Å². The molecule has 3 heteroatoms. The van der Waals surface area contributed by atoms with Crippen molar-refractivity contribution in [2.45, 2.75) is 58.0 Å². The van der Waals surface area contributed by atoms with Gasteiger partial charge in [-0.1, -0.05) is 79.8 Å². The SMILES string of the molecule is CC/C=C\C/C=C\C=C\[C@@H](O)C/C=C\C/C=C\C/C=C\CCC(=O)O. The summed E-state index contributed by atoms with van der Waals surface area (Å²) >= 11 is 0. The van der Waals surface area contributed by atoms with Crippen molar-refractivity contribution in [2.24, 2.45) is 0 Å². The molecule has 138 valence electrons. The van der Waals surface area contributed by atoms with Gasteiger partial charge in [-0.2, -0.15) is 0 Å². The topological polar surface area (TPSA) is 57.5 Å². The Labute approximate surface area is 152 Å². The van der Waals surface area contributed by atoms with Crippen molar-refractivity contribution in [2.75, 3.05) is 0 Å². The molecule has 0 aromatic rings. The van der Waals surface area contributed by atoms with E-state index in [1.54, 1.807) is 6.08 Å². The number of rotatable bonds is 14. The van der Waals surface area contributed by atoms with Crippen LogP contribution in [0.2, 0.25) is 0 Å². The third-order valence-corrected chi connectivity index (χ3v) is 3.20. The lowest BCUT2D eigenvalue weighted by atomic mass is 10.2. The first-order valence-electron chi connectivity index (χ1n) is 9.00. The number of carboxylic acid groups (broad SMARTS) is 1. The summed E-state index contributed by atoms with van der Waals surface area (Å²) in [7, 11) is 0. The minimum atomic E-state index is -0.762. The zero-order valence-corrected chi connectivity index (χ0v) is 15.3. The summed E-state index contributed by atoms with van der Waals surface area (Å²) in [5.74, 6) is -0.762. The molecule has 0 saturated carbocycles. The average molecular weight is 344 g/mol. The lowest BCUT2D eigenvalue weighted by Gasteiger charge is -1.98. The number of aliphatic hydroxyl groups excluding tert-OH is 1. The van der Waals surface area contributed by atoms with Crippen molar-refractivity contribution < 1.29 is 15.0 Å². The first-order chi connectivity index (χ1) is 12.2. The van der Waals surface area contributed by atoms with Crippen LogP contribution >= 0.6 is 0 Å². The number of aliphatic hydroxyl groups is 1. The Bertz CT molecular complexity index is 493. The zero-order valence-electron chi connectivity index (χ0n) is 15.3. The fraction of sp³-hybridized carbons (Fsp3) is 0.409. The van der Waals surface area contributed by atoms with E-state index < -0.39 is 12.1 Å². The molecule has 0 spiro atoms. The second-order valence-corrected chi connectivity index (χ2v) is 5.55. The summed E-state index contributed by atoms with van der Waals surface area (Å²) in [5.41, 5.74) is 0. The summed E-state index contributed by atoms with van der Waals surface area (Å²) in [5, 5.41) is 18.3. The molecule has 1 atom stereocenters. The van der Waals surface area contributed by atoms with Gasteiger partial charge >= 0.3 is 5.97 Å². The van der Waals surface area contributed by atoms with Crippen LogP contribution in [0.25, 0.3) is 0 Å². The van der Waals surface area contributed by atoms with Crippen LogP contribution in [-0.4, -0.2) is 22.3 Å². The van der Waals surface area contributed by atoms with E-state index in [1.807, 2.05) is 36.5 Å². The van der Waals surface area contributed by atoms with Crippen molar-refractivity contribution in [1.82, 2.24) is 0 Å². The highest BCUT2D eigenvalue weighted by molar-refractivity contribution is 5.66. The van der Waals surface area contributed by atoms with Gasteiger partial charge in [-0.05, 0) is 38.5 Å². The maximum absolute atomic E-state index is 10.3. The van der Waals surface area contributed by atoms with Crippen LogP contribution in [0.4, 0.5) is 0 Å². The van der Waals surface area contributed by atoms with Crippen molar-refractivity contribution in [1.29, 1.82) is 0 Å². The van der Waals surface area contributed by atoms with E-state index in [9.17, 15) is 9.90 Å². The summed E-state index contributed by atoms with van der Waals surface area (Å²) < 4.78 is 0. The molecule has 0 rings (SSSR count). The molecule has 0 bridgehead atoms. The Morgan fingerprint density at radius 1 is 0.840 bits per heavy atom. The quantitative estimate of drug-likeness (QED) is 0.322. The molecule has 25 heavy (non-hydrogen) atoms. The highest BCUT2D eigenvalue weighted by Gasteiger charge is 1.92. The largest absolute Gasteiger partial charge is 0.481 e. The zero-order chi connectivity index (χ0) is 18.6. The Morgan fingerprint density at radius 3 is 2.12 bits per heavy atom. The smallest absolute Gasteiger partial charge is 0.303 e. The number of carboxylic acids is 1. The highest BCUT2D eigenvalue weighted by atomic mass is 16.4. The van der Waals surface area contributed by atoms with Gasteiger partial charge in [-0.3, -0.25) is 4.79 Å². The van der Waals surface area contributed by atoms with E-state index >= 15 is 0 Å². The summed E-state index contributed by atoms with van der Waals surface area (Å²) in [4.78, 5) is 10.3. The van der Waals surface area contributed by atoms with E-state index in [0.717, 1.165) is 25.7 Å². The van der Waals surface area contributed by atoms with Crippen LogP contribution in [-0.2, 0) is 4.79 Å². The van der Waals surface area contributed by atoms with Crippen LogP contribution in [0.3, 0.4) is 0 Å². The second kappa shape index (κ2) is 18.2. The molecule has 0 radical (unpaired) electrons. The van der Waals surface area contributed by atoms with Crippen molar-refractivity contribution in [3.63, 3.8) is 0 Å². The Morgan fingerprint density at radius 2 is 1.44 bits per heavy atom. The summed E-state index contributed by atoms with van der Waals surface area (Å²) in [6, 6.07) is 0. The molecular formula is C22H32O3. The van der Waals surface area contributed by atoms with Gasteiger partial charge in [0, 0.05) is 6.42 Å². The van der Waals surface area contributed by atoms with Gasteiger partial charge in [0.05, 0.1) is 6.10 Å². The lowest BCUT2D eigenvalue weighted by Crippen LogP contribution is -1.98. The monoisotopic (exact) mass is 344 g/mol. The number of hydrogen-bond acceptors (Lipinski definition) is 2. The molecule has 2 N–H and O–H groups in total. The predicted octanol–water partition coefficient (Wildman–Crippen LogP) is 5.52.